The van der Waals surface area contributed by atoms with E-state index in [1.165, 1.54) is 5.56 Å². The fraction of sp³-hybridized carbons (Fsp3) is 0.391. The minimum Gasteiger partial charge on any atom is -0.334 e. The highest BCUT2D eigenvalue weighted by Crippen LogP contribution is 2.31. The number of hydrogen-bond acceptors (Lipinski definition) is 3. The number of nitrogens with two attached hydrogens (primary N) is 1. The number of likely N-dealkylation sites (tertiary alicyclic amines) is 1. The Morgan fingerprint density at radius 2 is 1.66 bits per heavy atom. The standard InChI is InChI=1S/C23H28N4O2/c24-15-17-5-7-18(8-6-17)16-25-23(29)26-12-9-20(10-13-26)22(28)27-14-11-19-3-1-2-4-21(19)27/h1-8,20H,9-16,24H2,(H,25,29). The van der Waals surface area contributed by atoms with Crippen LogP contribution in [-0.4, -0.2) is 36.5 Å². The molecule has 2 aromatic rings. The van der Waals surface area contributed by atoms with Crippen LogP contribution in [-0.2, 0) is 24.3 Å². The summed E-state index contributed by atoms with van der Waals surface area (Å²) in [5, 5.41) is 2.98. The molecular formula is C23H28N4O2. The molecule has 0 unspecified atom stereocenters. The van der Waals surface area contributed by atoms with Crippen LogP contribution in [0.3, 0.4) is 0 Å². The van der Waals surface area contributed by atoms with Gasteiger partial charge in [0, 0.05) is 44.3 Å². The number of urea groups is 1. The van der Waals surface area contributed by atoms with Crippen molar-refractivity contribution in [3.63, 3.8) is 0 Å². The molecule has 2 aliphatic heterocycles. The zero-order valence-electron chi connectivity index (χ0n) is 16.6. The van der Waals surface area contributed by atoms with Gasteiger partial charge in [0.05, 0.1) is 0 Å². The Hall–Kier alpha value is -2.86. The third-order valence-corrected chi connectivity index (χ3v) is 5.99. The lowest BCUT2D eigenvalue weighted by atomic mass is 9.95. The van der Waals surface area contributed by atoms with Gasteiger partial charge in [0.1, 0.15) is 0 Å². The van der Waals surface area contributed by atoms with Crippen LogP contribution < -0.4 is 16.0 Å². The van der Waals surface area contributed by atoms with Crippen LogP contribution in [0.1, 0.15) is 29.5 Å². The van der Waals surface area contributed by atoms with Crippen molar-refractivity contribution < 1.29 is 9.59 Å². The number of fused-ring (bicyclic) bond motifs is 1. The average Bonchev–Trinajstić information content (AvgIpc) is 3.21. The van der Waals surface area contributed by atoms with Gasteiger partial charge >= 0.3 is 6.03 Å². The van der Waals surface area contributed by atoms with Crippen LogP contribution in [0.5, 0.6) is 0 Å². The molecule has 1 saturated heterocycles. The molecule has 152 valence electrons. The van der Waals surface area contributed by atoms with Crippen LogP contribution in [0.25, 0.3) is 0 Å². The van der Waals surface area contributed by atoms with E-state index in [-0.39, 0.29) is 17.9 Å². The maximum Gasteiger partial charge on any atom is 0.317 e. The molecule has 0 radical (unpaired) electrons. The molecule has 6 heteroatoms. The zero-order valence-corrected chi connectivity index (χ0v) is 16.6. The molecule has 1 fully saturated rings. The van der Waals surface area contributed by atoms with E-state index >= 15 is 0 Å². The summed E-state index contributed by atoms with van der Waals surface area (Å²) < 4.78 is 0. The Morgan fingerprint density at radius 1 is 0.966 bits per heavy atom. The summed E-state index contributed by atoms with van der Waals surface area (Å²) in [5.74, 6) is 0.198. The number of anilines is 1. The SMILES string of the molecule is NCc1ccc(CNC(=O)N2CCC(C(=O)N3CCc4ccccc43)CC2)cc1. The summed E-state index contributed by atoms with van der Waals surface area (Å²) >= 11 is 0. The molecule has 0 saturated carbocycles. The summed E-state index contributed by atoms with van der Waals surface area (Å²) in [5.41, 5.74) is 10.0. The highest BCUT2D eigenvalue weighted by molar-refractivity contribution is 5.97. The van der Waals surface area contributed by atoms with Crippen LogP contribution in [0.2, 0.25) is 0 Å². The van der Waals surface area contributed by atoms with Crippen LogP contribution >= 0.6 is 0 Å². The van der Waals surface area contributed by atoms with Gasteiger partial charge in [0.2, 0.25) is 5.91 Å². The number of carbonyl (C=O) groups excluding carboxylic acids is 2. The van der Waals surface area contributed by atoms with Crippen molar-refractivity contribution in [3.8, 4) is 0 Å². The van der Waals surface area contributed by atoms with Crippen LogP contribution in [0.15, 0.2) is 48.5 Å². The number of nitrogens with zero attached hydrogens (tertiary/aromatic N) is 2. The minimum absolute atomic E-state index is 0.00554. The second-order valence-electron chi connectivity index (χ2n) is 7.81. The van der Waals surface area contributed by atoms with E-state index in [1.54, 1.807) is 0 Å². The Morgan fingerprint density at radius 3 is 2.38 bits per heavy atom. The monoisotopic (exact) mass is 392 g/mol. The molecule has 2 aliphatic rings. The van der Waals surface area contributed by atoms with Gasteiger partial charge in [-0.2, -0.15) is 0 Å². The molecule has 0 atom stereocenters. The Bertz CT molecular complexity index is 873. The minimum atomic E-state index is -0.0645. The van der Waals surface area contributed by atoms with Gasteiger partial charge < -0.3 is 20.9 Å². The van der Waals surface area contributed by atoms with E-state index in [2.05, 4.69) is 11.4 Å². The first-order valence-corrected chi connectivity index (χ1v) is 10.4. The second kappa shape index (κ2) is 8.66. The first kappa shape index (κ1) is 19.5. The lowest BCUT2D eigenvalue weighted by Crippen LogP contribution is -2.47. The highest BCUT2D eigenvalue weighted by atomic mass is 16.2. The van der Waals surface area contributed by atoms with Crippen LogP contribution in [0.4, 0.5) is 10.5 Å². The van der Waals surface area contributed by atoms with Crippen molar-refractivity contribution in [1.29, 1.82) is 0 Å². The molecule has 0 bridgehead atoms. The predicted molar refractivity (Wildman–Crippen MR) is 113 cm³/mol. The lowest BCUT2D eigenvalue weighted by molar-refractivity contribution is -0.123. The summed E-state index contributed by atoms with van der Waals surface area (Å²) in [4.78, 5) is 29.2. The van der Waals surface area contributed by atoms with E-state index in [0.717, 1.165) is 42.6 Å². The average molecular weight is 393 g/mol. The van der Waals surface area contributed by atoms with Gasteiger partial charge in [0.15, 0.2) is 0 Å². The number of benzene rings is 2. The molecule has 0 spiro atoms. The smallest absolute Gasteiger partial charge is 0.317 e. The third-order valence-electron chi connectivity index (χ3n) is 5.99. The molecule has 29 heavy (non-hydrogen) atoms. The van der Waals surface area contributed by atoms with Crippen molar-refractivity contribution >= 4 is 17.6 Å². The van der Waals surface area contributed by atoms with Gasteiger partial charge in [-0.3, -0.25) is 4.79 Å². The van der Waals surface area contributed by atoms with Crippen molar-refractivity contribution in [2.24, 2.45) is 11.7 Å². The van der Waals surface area contributed by atoms with Crippen molar-refractivity contribution in [1.82, 2.24) is 10.2 Å². The van der Waals surface area contributed by atoms with E-state index in [9.17, 15) is 9.59 Å². The maximum atomic E-state index is 13.0. The number of nitrogens with one attached hydrogen (secondary N) is 1. The van der Waals surface area contributed by atoms with Crippen LogP contribution in [0, 0.1) is 5.92 Å². The summed E-state index contributed by atoms with van der Waals surface area (Å²) in [6.45, 7) is 3.01. The normalized spacial score (nSPS) is 16.6. The third kappa shape index (κ3) is 4.27. The molecule has 0 aromatic heterocycles. The number of piperidine rings is 1. The van der Waals surface area contributed by atoms with Gasteiger partial charge in [-0.25, -0.2) is 4.79 Å². The van der Waals surface area contributed by atoms with Gasteiger partial charge in [-0.1, -0.05) is 42.5 Å². The number of para-hydroxylation sites is 1. The predicted octanol–water partition coefficient (Wildman–Crippen LogP) is 2.66. The number of carbonyl (C=O) groups is 2. The first-order chi connectivity index (χ1) is 14.2. The fourth-order valence-corrected chi connectivity index (χ4v) is 4.20. The quantitative estimate of drug-likeness (QED) is 0.840. The molecule has 2 aromatic carbocycles. The maximum absolute atomic E-state index is 13.0. The Labute approximate surface area is 171 Å². The van der Waals surface area contributed by atoms with E-state index in [0.29, 0.717) is 26.2 Å². The van der Waals surface area contributed by atoms with E-state index < -0.39 is 0 Å². The highest BCUT2D eigenvalue weighted by Gasteiger charge is 2.33. The largest absolute Gasteiger partial charge is 0.334 e. The van der Waals surface area contributed by atoms with E-state index in [1.807, 2.05) is 52.3 Å². The van der Waals surface area contributed by atoms with Crippen molar-refractivity contribution in [3.05, 3.63) is 65.2 Å². The van der Waals surface area contributed by atoms with Gasteiger partial charge in [-0.15, -0.1) is 0 Å². The van der Waals surface area contributed by atoms with Gasteiger partial charge in [0.25, 0.3) is 0 Å². The topological polar surface area (TPSA) is 78.7 Å². The number of rotatable bonds is 4. The Kier molecular flexibility index (Phi) is 5.81. The first-order valence-electron chi connectivity index (χ1n) is 10.4. The molecule has 3 N–H and O–H groups in total. The summed E-state index contributed by atoms with van der Waals surface area (Å²) in [7, 11) is 0. The summed E-state index contributed by atoms with van der Waals surface area (Å²) in [6, 6.07) is 16.0. The zero-order chi connectivity index (χ0) is 20.2. The van der Waals surface area contributed by atoms with E-state index in [4.69, 9.17) is 5.73 Å². The molecule has 2 heterocycles. The molecule has 6 nitrogen and oxygen atoms in total. The molecule has 3 amide bonds. The van der Waals surface area contributed by atoms with Crippen molar-refractivity contribution in [2.75, 3.05) is 24.5 Å². The molecular weight excluding hydrogens is 364 g/mol. The number of hydrogen-bond donors (Lipinski definition) is 2. The second-order valence-corrected chi connectivity index (χ2v) is 7.81. The lowest BCUT2D eigenvalue weighted by Gasteiger charge is -2.33. The fourth-order valence-electron chi connectivity index (χ4n) is 4.20. The molecule has 0 aliphatic carbocycles. The number of amides is 3. The van der Waals surface area contributed by atoms with Crippen molar-refractivity contribution in [2.45, 2.75) is 32.4 Å². The molecule has 4 rings (SSSR count). The van der Waals surface area contributed by atoms with Gasteiger partial charge in [-0.05, 0) is 42.0 Å². The summed E-state index contributed by atoms with van der Waals surface area (Å²) in [6.07, 6.45) is 2.36. The Balaban J connectivity index is 1.26.